The Hall–Kier alpha value is -2.65. The van der Waals surface area contributed by atoms with Crippen LogP contribution >= 0.6 is 27.5 Å². The van der Waals surface area contributed by atoms with E-state index >= 15 is 0 Å². The number of aliphatic carboxylic acids is 1. The predicted octanol–water partition coefficient (Wildman–Crippen LogP) is 3.44. The Bertz CT molecular complexity index is 983. The van der Waals surface area contributed by atoms with Crippen molar-refractivity contribution in [3.63, 3.8) is 0 Å². The average molecular weight is 453 g/mol. The number of carbonyl (C=O) groups excluding carboxylic acids is 1. The first-order valence-corrected chi connectivity index (χ1v) is 9.07. The second-order valence-electron chi connectivity index (χ2n) is 5.80. The molecule has 0 bridgehead atoms. The highest BCUT2D eigenvalue weighted by Gasteiger charge is 2.18. The maximum absolute atomic E-state index is 12.4. The van der Waals surface area contributed by atoms with E-state index in [9.17, 15) is 9.59 Å². The zero-order valence-corrected chi connectivity index (χ0v) is 16.5. The number of nitrogens with one attached hydrogen (secondary N) is 1. The summed E-state index contributed by atoms with van der Waals surface area (Å²) in [5.74, 6) is -1.17. The monoisotopic (exact) mass is 451 g/mol. The molecule has 1 amide bonds. The molecule has 140 valence electrons. The summed E-state index contributed by atoms with van der Waals surface area (Å²) in [6.07, 6.45) is 3.19. The summed E-state index contributed by atoms with van der Waals surface area (Å²) in [5, 5.41) is 20.7. The van der Waals surface area contributed by atoms with E-state index in [2.05, 4.69) is 31.4 Å². The molecule has 0 fully saturated rings. The van der Waals surface area contributed by atoms with Gasteiger partial charge in [0, 0.05) is 17.4 Å². The minimum Gasteiger partial charge on any atom is -0.480 e. The largest absolute Gasteiger partial charge is 0.480 e. The van der Waals surface area contributed by atoms with Crippen LogP contribution in [-0.2, 0) is 11.3 Å². The molecule has 1 aromatic carbocycles. The number of carboxylic acids is 1. The van der Waals surface area contributed by atoms with Crippen LogP contribution < -0.4 is 5.32 Å². The molecule has 10 heteroatoms. The van der Waals surface area contributed by atoms with Gasteiger partial charge in [-0.1, -0.05) is 23.7 Å². The normalized spacial score (nSPS) is 12.0. The number of halogens is 2. The fourth-order valence-corrected chi connectivity index (χ4v) is 2.84. The Labute approximate surface area is 167 Å². The standard InChI is InChI=1S/C17H15BrClN5O3/c1-10(17(26)27)24-7-6-14(21-24)16(25)20-15-13(18)9-23(22-15)8-11-2-4-12(19)5-3-11/h2-7,9-10H,8H2,1H3,(H,26,27)(H,20,22,25). The number of amides is 1. The number of carboxylic acid groups (broad SMARTS) is 1. The van der Waals surface area contributed by atoms with Gasteiger partial charge in [-0.15, -0.1) is 0 Å². The molecule has 0 aliphatic carbocycles. The SMILES string of the molecule is CC(C(=O)O)n1ccc(C(=O)Nc2nn(Cc3ccc(Cl)cc3)cc2Br)n1. The van der Waals surface area contributed by atoms with E-state index in [0.29, 0.717) is 21.9 Å². The molecule has 0 radical (unpaired) electrons. The molecule has 2 heterocycles. The van der Waals surface area contributed by atoms with Gasteiger partial charge in [-0.3, -0.25) is 14.2 Å². The third-order valence-electron chi connectivity index (χ3n) is 3.80. The van der Waals surface area contributed by atoms with Crippen molar-refractivity contribution < 1.29 is 14.7 Å². The average Bonchev–Trinajstić information content (AvgIpc) is 3.24. The fourth-order valence-electron chi connectivity index (χ4n) is 2.30. The Morgan fingerprint density at radius 2 is 1.96 bits per heavy atom. The van der Waals surface area contributed by atoms with Crippen LogP contribution in [0.4, 0.5) is 5.82 Å². The minimum atomic E-state index is -1.03. The number of benzene rings is 1. The Morgan fingerprint density at radius 1 is 1.26 bits per heavy atom. The van der Waals surface area contributed by atoms with Crippen molar-refractivity contribution in [3.8, 4) is 0 Å². The van der Waals surface area contributed by atoms with Crippen LogP contribution in [0, 0.1) is 0 Å². The molecule has 2 N–H and O–H groups in total. The second kappa shape index (κ2) is 7.93. The lowest BCUT2D eigenvalue weighted by molar-refractivity contribution is -0.140. The van der Waals surface area contributed by atoms with E-state index in [1.54, 1.807) is 23.0 Å². The second-order valence-corrected chi connectivity index (χ2v) is 7.09. The van der Waals surface area contributed by atoms with E-state index in [1.807, 2.05) is 12.1 Å². The summed E-state index contributed by atoms with van der Waals surface area (Å²) in [5.41, 5.74) is 1.11. The molecule has 0 saturated carbocycles. The van der Waals surface area contributed by atoms with Gasteiger partial charge in [0.05, 0.1) is 11.0 Å². The molecular weight excluding hydrogens is 438 g/mol. The zero-order valence-electron chi connectivity index (χ0n) is 14.1. The van der Waals surface area contributed by atoms with Crippen LogP contribution in [0.5, 0.6) is 0 Å². The summed E-state index contributed by atoms with van der Waals surface area (Å²) in [4.78, 5) is 23.4. The van der Waals surface area contributed by atoms with Gasteiger partial charge in [0.1, 0.15) is 6.04 Å². The lowest BCUT2D eigenvalue weighted by Crippen LogP contribution is -2.18. The van der Waals surface area contributed by atoms with Gasteiger partial charge >= 0.3 is 5.97 Å². The number of hydrogen-bond donors (Lipinski definition) is 2. The first-order chi connectivity index (χ1) is 12.8. The quantitative estimate of drug-likeness (QED) is 0.596. The predicted molar refractivity (Wildman–Crippen MR) is 103 cm³/mol. The van der Waals surface area contributed by atoms with E-state index in [1.165, 1.54) is 23.9 Å². The smallest absolute Gasteiger partial charge is 0.328 e. The summed E-state index contributed by atoms with van der Waals surface area (Å²) in [7, 11) is 0. The van der Waals surface area contributed by atoms with Gasteiger partial charge < -0.3 is 10.4 Å². The number of carbonyl (C=O) groups is 2. The lowest BCUT2D eigenvalue weighted by atomic mass is 10.2. The summed E-state index contributed by atoms with van der Waals surface area (Å²) in [6, 6.07) is 7.97. The van der Waals surface area contributed by atoms with Crippen LogP contribution in [-0.4, -0.2) is 36.5 Å². The van der Waals surface area contributed by atoms with Gasteiger partial charge in [-0.2, -0.15) is 10.2 Å². The molecule has 0 saturated heterocycles. The highest BCUT2D eigenvalue weighted by molar-refractivity contribution is 9.10. The highest BCUT2D eigenvalue weighted by Crippen LogP contribution is 2.22. The Balaban J connectivity index is 1.70. The van der Waals surface area contributed by atoms with Gasteiger partial charge in [-0.25, -0.2) is 4.79 Å². The van der Waals surface area contributed by atoms with E-state index in [0.717, 1.165) is 5.56 Å². The molecule has 3 rings (SSSR count). The van der Waals surface area contributed by atoms with Crippen molar-refractivity contribution in [1.29, 1.82) is 0 Å². The van der Waals surface area contributed by atoms with Crippen molar-refractivity contribution in [1.82, 2.24) is 19.6 Å². The summed E-state index contributed by atoms with van der Waals surface area (Å²) >= 11 is 9.25. The lowest BCUT2D eigenvalue weighted by Gasteiger charge is -2.05. The topological polar surface area (TPSA) is 102 Å². The van der Waals surface area contributed by atoms with Crippen molar-refractivity contribution in [2.45, 2.75) is 19.5 Å². The van der Waals surface area contributed by atoms with Gasteiger partial charge in [0.2, 0.25) is 0 Å². The van der Waals surface area contributed by atoms with Crippen LogP contribution in [0.25, 0.3) is 0 Å². The van der Waals surface area contributed by atoms with Crippen molar-refractivity contribution >= 4 is 45.2 Å². The van der Waals surface area contributed by atoms with Crippen molar-refractivity contribution in [2.24, 2.45) is 0 Å². The van der Waals surface area contributed by atoms with Crippen LogP contribution in [0.3, 0.4) is 0 Å². The fraction of sp³-hybridized carbons (Fsp3) is 0.176. The Morgan fingerprint density at radius 3 is 2.63 bits per heavy atom. The molecule has 8 nitrogen and oxygen atoms in total. The van der Waals surface area contributed by atoms with Crippen LogP contribution in [0.2, 0.25) is 5.02 Å². The molecule has 0 spiro atoms. The summed E-state index contributed by atoms with van der Waals surface area (Å²) < 4.78 is 3.50. The molecule has 0 aliphatic rings. The number of aromatic nitrogens is 4. The molecule has 0 aliphatic heterocycles. The minimum absolute atomic E-state index is 0.0993. The van der Waals surface area contributed by atoms with E-state index in [-0.39, 0.29) is 5.69 Å². The molecule has 1 unspecified atom stereocenters. The van der Waals surface area contributed by atoms with Crippen molar-refractivity contribution in [2.75, 3.05) is 5.32 Å². The maximum atomic E-state index is 12.4. The first kappa shape index (κ1) is 19.1. The molecule has 2 aromatic heterocycles. The number of anilines is 1. The molecule has 3 aromatic rings. The van der Waals surface area contributed by atoms with E-state index in [4.69, 9.17) is 16.7 Å². The van der Waals surface area contributed by atoms with Gasteiger partial charge in [-0.05, 0) is 46.6 Å². The third-order valence-corrected chi connectivity index (χ3v) is 4.63. The van der Waals surface area contributed by atoms with E-state index < -0.39 is 17.9 Å². The highest BCUT2D eigenvalue weighted by atomic mass is 79.9. The van der Waals surface area contributed by atoms with Gasteiger partial charge in [0.15, 0.2) is 11.5 Å². The molecule has 27 heavy (non-hydrogen) atoms. The van der Waals surface area contributed by atoms with Gasteiger partial charge in [0.25, 0.3) is 5.91 Å². The molecule has 1 atom stereocenters. The zero-order chi connectivity index (χ0) is 19.6. The Kier molecular flexibility index (Phi) is 5.62. The maximum Gasteiger partial charge on any atom is 0.328 e. The molecular formula is C17H15BrClN5O3. The number of hydrogen-bond acceptors (Lipinski definition) is 4. The number of nitrogens with zero attached hydrogens (tertiary/aromatic N) is 4. The van der Waals surface area contributed by atoms with Crippen LogP contribution in [0.1, 0.15) is 29.0 Å². The number of rotatable bonds is 6. The summed E-state index contributed by atoms with van der Waals surface area (Å²) in [6.45, 7) is 1.99. The van der Waals surface area contributed by atoms with Crippen LogP contribution in [0.15, 0.2) is 47.2 Å². The van der Waals surface area contributed by atoms with Crippen molar-refractivity contribution in [3.05, 3.63) is 63.5 Å². The first-order valence-electron chi connectivity index (χ1n) is 7.90. The third kappa shape index (κ3) is 4.55.